The van der Waals surface area contributed by atoms with Crippen molar-refractivity contribution in [2.45, 2.75) is 26.7 Å². The van der Waals surface area contributed by atoms with Gasteiger partial charge in [0, 0.05) is 49.7 Å². The molecule has 1 aliphatic heterocycles. The van der Waals surface area contributed by atoms with Gasteiger partial charge in [0.25, 0.3) is 0 Å². The molecular weight excluding hydrogens is 366 g/mol. The number of aryl methyl sites for hydroxylation is 2. The Morgan fingerprint density at radius 2 is 1.89 bits per heavy atom. The van der Waals surface area contributed by atoms with E-state index < -0.39 is 0 Å². The van der Waals surface area contributed by atoms with E-state index >= 15 is 0 Å². The highest BCUT2D eigenvalue weighted by Gasteiger charge is 2.21. The van der Waals surface area contributed by atoms with E-state index in [0.717, 1.165) is 55.5 Å². The molecule has 27 heavy (non-hydrogen) atoms. The Bertz CT molecular complexity index is 733. The molecule has 0 bridgehead atoms. The number of aromatic nitrogens is 1. The third-order valence-corrected chi connectivity index (χ3v) is 5.24. The van der Waals surface area contributed by atoms with Crippen LogP contribution in [0.4, 0.5) is 0 Å². The van der Waals surface area contributed by atoms with Gasteiger partial charge in [-0.3, -0.25) is 9.69 Å². The number of carbonyl (C=O) groups excluding carboxylic acids is 1. The van der Waals surface area contributed by atoms with Crippen LogP contribution in [-0.2, 0) is 11.2 Å². The van der Waals surface area contributed by atoms with Crippen LogP contribution in [0.2, 0.25) is 5.02 Å². The van der Waals surface area contributed by atoms with Crippen molar-refractivity contribution in [3.05, 3.63) is 46.3 Å². The Kier molecular flexibility index (Phi) is 6.74. The lowest BCUT2D eigenvalue weighted by molar-refractivity contribution is -0.132. The number of hydrogen-bond donors (Lipinski definition) is 0. The van der Waals surface area contributed by atoms with Gasteiger partial charge in [0.05, 0.1) is 5.69 Å². The molecule has 0 N–H and O–H groups in total. The number of rotatable bonds is 7. The van der Waals surface area contributed by atoms with Gasteiger partial charge in [-0.25, -0.2) is 0 Å². The fourth-order valence-corrected chi connectivity index (χ4v) is 3.42. The van der Waals surface area contributed by atoms with Crippen molar-refractivity contribution in [3.8, 4) is 5.75 Å². The lowest BCUT2D eigenvalue weighted by atomic mass is 10.1. The summed E-state index contributed by atoms with van der Waals surface area (Å²) in [4.78, 5) is 16.8. The van der Waals surface area contributed by atoms with Crippen LogP contribution in [-0.4, -0.2) is 60.2 Å². The third-order valence-electron chi connectivity index (χ3n) is 4.98. The molecule has 6 nitrogen and oxygen atoms in total. The van der Waals surface area contributed by atoms with Crippen LogP contribution < -0.4 is 4.74 Å². The predicted molar refractivity (Wildman–Crippen MR) is 104 cm³/mol. The molecule has 0 unspecified atom stereocenters. The largest absolute Gasteiger partial charge is 0.492 e. The average molecular weight is 392 g/mol. The molecular formula is C20H26ClN3O3. The van der Waals surface area contributed by atoms with Crippen LogP contribution in [0.25, 0.3) is 0 Å². The number of benzene rings is 1. The van der Waals surface area contributed by atoms with E-state index in [1.165, 1.54) is 0 Å². The minimum absolute atomic E-state index is 0.201. The molecule has 0 saturated carbocycles. The Morgan fingerprint density at radius 1 is 1.19 bits per heavy atom. The van der Waals surface area contributed by atoms with Gasteiger partial charge in [-0.1, -0.05) is 16.8 Å². The van der Waals surface area contributed by atoms with Crippen molar-refractivity contribution >= 4 is 17.5 Å². The van der Waals surface area contributed by atoms with E-state index in [2.05, 4.69) is 10.1 Å². The van der Waals surface area contributed by atoms with Gasteiger partial charge in [-0.05, 0) is 44.5 Å². The van der Waals surface area contributed by atoms with E-state index in [9.17, 15) is 4.79 Å². The van der Waals surface area contributed by atoms with E-state index in [4.69, 9.17) is 20.9 Å². The molecule has 1 aromatic carbocycles. The monoisotopic (exact) mass is 391 g/mol. The van der Waals surface area contributed by atoms with Crippen LogP contribution >= 0.6 is 11.6 Å². The molecule has 1 amide bonds. The standard InChI is InChI=1S/C20H26ClN3O3/c1-15-19(16(2)27-22-15)7-8-20(25)24-11-9-23(10-12-24)13-14-26-18-5-3-17(21)4-6-18/h3-6H,7-14H2,1-2H3. The lowest BCUT2D eigenvalue weighted by Crippen LogP contribution is -2.49. The maximum absolute atomic E-state index is 12.5. The van der Waals surface area contributed by atoms with Crippen molar-refractivity contribution in [2.75, 3.05) is 39.3 Å². The summed E-state index contributed by atoms with van der Waals surface area (Å²) in [6.07, 6.45) is 1.19. The summed E-state index contributed by atoms with van der Waals surface area (Å²) in [7, 11) is 0. The molecule has 0 atom stereocenters. The number of carbonyl (C=O) groups is 1. The molecule has 3 rings (SSSR count). The maximum Gasteiger partial charge on any atom is 0.222 e. The third kappa shape index (κ3) is 5.47. The van der Waals surface area contributed by atoms with Gasteiger partial charge >= 0.3 is 0 Å². The highest BCUT2D eigenvalue weighted by atomic mass is 35.5. The topological polar surface area (TPSA) is 58.8 Å². The number of amides is 1. The summed E-state index contributed by atoms with van der Waals surface area (Å²) in [6.45, 7) is 8.57. The predicted octanol–water partition coefficient (Wildman–Crippen LogP) is 3.10. The van der Waals surface area contributed by atoms with Crippen LogP contribution in [0.3, 0.4) is 0 Å². The average Bonchev–Trinajstić information content (AvgIpc) is 3.00. The molecule has 0 aliphatic carbocycles. The number of nitrogens with zero attached hydrogens (tertiary/aromatic N) is 3. The molecule has 1 fully saturated rings. The summed E-state index contributed by atoms with van der Waals surface area (Å²) in [6, 6.07) is 7.39. The Hall–Kier alpha value is -2.05. The van der Waals surface area contributed by atoms with Crippen LogP contribution in [0, 0.1) is 13.8 Å². The second-order valence-corrected chi connectivity index (χ2v) is 7.26. The van der Waals surface area contributed by atoms with Crippen molar-refractivity contribution in [2.24, 2.45) is 0 Å². The molecule has 1 aromatic heterocycles. The van der Waals surface area contributed by atoms with E-state index in [-0.39, 0.29) is 5.91 Å². The van der Waals surface area contributed by atoms with Gasteiger partial charge in [-0.2, -0.15) is 0 Å². The first-order valence-corrected chi connectivity index (χ1v) is 9.71. The fraction of sp³-hybridized carbons (Fsp3) is 0.500. The highest BCUT2D eigenvalue weighted by molar-refractivity contribution is 6.30. The summed E-state index contributed by atoms with van der Waals surface area (Å²) in [5, 5.41) is 4.65. The number of piperazine rings is 1. The number of ether oxygens (including phenoxy) is 1. The molecule has 1 aliphatic rings. The fourth-order valence-electron chi connectivity index (χ4n) is 3.29. The first-order chi connectivity index (χ1) is 13.0. The van der Waals surface area contributed by atoms with Gasteiger partial charge in [0.15, 0.2) is 0 Å². The van der Waals surface area contributed by atoms with Crippen molar-refractivity contribution < 1.29 is 14.1 Å². The Labute approximate surface area is 165 Å². The molecule has 0 radical (unpaired) electrons. The molecule has 146 valence electrons. The van der Waals surface area contributed by atoms with Gasteiger partial charge in [-0.15, -0.1) is 0 Å². The Balaban J connectivity index is 1.35. The molecule has 2 aromatic rings. The van der Waals surface area contributed by atoms with Crippen LogP contribution in [0.1, 0.15) is 23.4 Å². The summed E-state index contributed by atoms with van der Waals surface area (Å²) in [5.74, 6) is 1.84. The second-order valence-electron chi connectivity index (χ2n) is 6.83. The maximum atomic E-state index is 12.5. The SMILES string of the molecule is Cc1noc(C)c1CCC(=O)N1CCN(CCOc2ccc(Cl)cc2)CC1. The summed E-state index contributed by atoms with van der Waals surface area (Å²) >= 11 is 5.87. The van der Waals surface area contributed by atoms with Gasteiger partial charge in [0.2, 0.25) is 5.91 Å². The minimum atomic E-state index is 0.201. The quantitative estimate of drug-likeness (QED) is 0.725. The highest BCUT2D eigenvalue weighted by Crippen LogP contribution is 2.16. The summed E-state index contributed by atoms with van der Waals surface area (Å²) in [5.41, 5.74) is 1.94. The molecule has 1 saturated heterocycles. The van der Waals surface area contributed by atoms with Crippen molar-refractivity contribution in [1.29, 1.82) is 0 Å². The number of hydrogen-bond acceptors (Lipinski definition) is 5. The first-order valence-electron chi connectivity index (χ1n) is 9.33. The van der Waals surface area contributed by atoms with Crippen LogP contribution in [0.5, 0.6) is 5.75 Å². The van der Waals surface area contributed by atoms with Gasteiger partial charge in [0.1, 0.15) is 18.1 Å². The Morgan fingerprint density at radius 3 is 2.52 bits per heavy atom. The first kappa shape index (κ1) is 19.7. The normalized spacial score (nSPS) is 15.1. The van der Waals surface area contributed by atoms with Crippen LogP contribution in [0.15, 0.2) is 28.8 Å². The van der Waals surface area contributed by atoms with Crippen molar-refractivity contribution in [1.82, 2.24) is 15.0 Å². The zero-order chi connectivity index (χ0) is 19.2. The number of halogens is 1. The minimum Gasteiger partial charge on any atom is -0.492 e. The van der Waals surface area contributed by atoms with E-state index in [1.54, 1.807) is 0 Å². The smallest absolute Gasteiger partial charge is 0.222 e. The van der Waals surface area contributed by atoms with E-state index in [1.807, 2.05) is 43.0 Å². The zero-order valence-corrected chi connectivity index (χ0v) is 16.7. The van der Waals surface area contributed by atoms with Gasteiger partial charge < -0.3 is 14.2 Å². The van der Waals surface area contributed by atoms with E-state index in [0.29, 0.717) is 24.5 Å². The lowest BCUT2D eigenvalue weighted by Gasteiger charge is -2.34. The van der Waals surface area contributed by atoms with Crippen molar-refractivity contribution in [3.63, 3.8) is 0 Å². The summed E-state index contributed by atoms with van der Waals surface area (Å²) < 4.78 is 10.9. The second kappa shape index (κ2) is 9.24. The molecule has 0 spiro atoms. The molecule has 2 heterocycles. The molecule has 7 heteroatoms. The zero-order valence-electron chi connectivity index (χ0n) is 15.9.